The van der Waals surface area contributed by atoms with E-state index in [1.54, 1.807) is 13.1 Å². The number of nitrogens with one attached hydrogen (secondary N) is 2. The van der Waals surface area contributed by atoms with Crippen molar-refractivity contribution >= 4 is 22.8 Å². The molecule has 7 nitrogen and oxygen atoms in total. The smallest absolute Gasteiger partial charge is 0.303 e. The first-order valence-electron chi connectivity index (χ1n) is 12.2. The molecule has 0 bridgehead atoms. The summed E-state index contributed by atoms with van der Waals surface area (Å²) in [6.45, 7) is 3.82. The number of benzene rings is 1. The molecule has 4 rings (SSSR count). The van der Waals surface area contributed by atoms with Gasteiger partial charge in [-0.05, 0) is 67.5 Å². The van der Waals surface area contributed by atoms with Crippen molar-refractivity contribution in [2.75, 3.05) is 19.6 Å². The van der Waals surface area contributed by atoms with E-state index in [1.807, 2.05) is 29.2 Å². The van der Waals surface area contributed by atoms with Gasteiger partial charge in [0.15, 0.2) is 0 Å². The van der Waals surface area contributed by atoms with Gasteiger partial charge in [0.2, 0.25) is 5.91 Å². The third-order valence-electron chi connectivity index (χ3n) is 6.73. The van der Waals surface area contributed by atoms with Crippen molar-refractivity contribution in [3.05, 3.63) is 65.5 Å². The topological polar surface area (TPSA) is 94.6 Å². The van der Waals surface area contributed by atoms with Crippen LogP contribution in [0, 0.1) is 0 Å². The number of carboxylic acids is 1. The molecule has 0 radical (unpaired) electrons. The average Bonchev–Trinajstić information content (AvgIpc) is 2.84. The van der Waals surface area contributed by atoms with E-state index in [-0.39, 0.29) is 24.4 Å². The normalized spacial score (nSPS) is 18.3. The van der Waals surface area contributed by atoms with Crippen LogP contribution in [0.1, 0.15) is 56.9 Å². The number of pyridine rings is 1. The van der Waals surface area contributed by atoms with Gasteiger partial charge < -0.3 is 15.3 Å². The molecule has 0 aliphatic carbocycles. The summed E-state index contributed by atoms with van der Waals surface area (Å²) in [6, 6.07) is 9.93. The third-order valence-corrected chi connectivity index (χ3v) is 6.73. The van der Waals surface area contributed by atoms with Crippen LogP contribution in [0.4, 0.5) is 0 Å². The van der Waals surface area contributed by atoms with Gasteiger partial charge in [-0.15, -0.1) is 0 Å². The Bertz CT molecular complexity index is 1090. The fourth-order valence-electron chi connectivity index (χ4n) is 4.83. The standard InChI is InChI=1S/C27H34N4O3/c1-19(32)31(18-24-12-11-20-9-6-13-28-27(20)30-24)14-5-4-7-21(16-26(33)34)23-15-22-8-2-3-10-25(22)29-17-23/h2-3,8,10-12,15,17,21,27-28,30H,4-7,9,13-14,16,18H2,1H3,(H,33,34). The Hall–Kier alpha value is -3.19. The molecule has 3 heterocycles. The Morgan fingerprint density at radius 3 is 2.91 bits per heavy atom. The van der Waals surface area contributed by atoms with Crippen LogP contribution in [0.5, 0.6) is 0 Å². The Balaban J connectivity index is 1.33. The van der Waals surface area contributed by atoms with Crippen molar-refractivity contribution in [2.24, 2.45) is 0 Å². The molecule has 0 saturated carbocycles. The zero-order valence-corrected chi connectivity index (χ0v) is 19.8. The van der Waals surface area contributed by atoms with Crippen molar-refractivity contribution in [1.29, 1.82) is 0 Å². The van der Waals surface area contributed by atoms with Gasteiger partial charge in [0.1, 0.15) is 0 Å². The second kappa shape index (κ2) is 11.3. The van der Waals surface area contributed by atoms with Gasteiger partial charge in [-0.2, -0.15) is 0 Å². The van der Waals surface area contributed by atoms with Crippen LogP contribution in [0.25, 0.3) is 10.9 Å². The number of hydrogen-bond donors (Lipinski definition) is 3. The van der Waals surface area contributed by atoms with Crippen LogP contribution in [0.3, 0.4) is 0 Å². The van der Waals surface area contributed by atoms with Crippen molar-refractivity contribution in [1.82, 2.24) is 20.5 Å². The number of hydrogen-bond acceptors (Lipinski definition) is 5. The minimum atomic E-state index is -0.803. The van der Waals surface area contributed by atoms with Gasteiger partial charge in [0, 0.05) is 30.7 Å². The second-order valence-corrected chi connectivity index (χ2v) is 9.26. The number of aromatic nitrogens is 1. The lowest BCUT2D eigenvalue weighted by molar-refractivity contribution is -0.137. The highest BCUT2D eigenvalue weighted by Crippen LogP contribution is 2.28. The van der Waals surface area contributed by atoms with E-state index in [2.05, 4.69) is 33.8 Å². The number of dihydropyridines is 1. The SMILES string of the molecule is CC(=O)N(CCCCC(CC(=O)O)c1cnc2ccccc2c1)CC1=CC=C2CCCNC2N1. The fraction of sp³-hybridized carbons (Fsp3) is 0.444. The number of para-hydroxylation sites is 1. The molecule has 1 aromatic heterocycles. The quantitative estimate of drug-likeness (QED) is 0.463. The summed E-state index contributed by atoms with van der Waals surface area (Å²) in [5, 5.41) is 17.5. The molecule has 1 aromatic carbocycles. The molecule has 180 valence electrons. The first-order valence-corrected chi connectivity index (χ1v) is 12.2. The predicted octanol–water partition coefficient (Wildman–Crippen LogP) is 3.93. The highest BCUT2D eigenvalue weighted by atomic mass is 16.4. The molecular weight excluding hydrogens is 428 g/mol. The maximum Gasteiger partial charge on any atom is 0.303 e. The molecule has 2 atom stereocenters. The zero-order valence-electron chi connectivity index (χ0n) is 19.8. The number of unbranched alkanes of at least 4 members (excludes halogenated alkanes) is 1. The number of allylic oxidation sites excluding steroid dienone is 2. The summed E-state index contributed by atoms with van der Waals surface area (Å²) in [5.41, 5.74) is 4.29. The van der Waals surface area contributed by atoms with Crippen molar-refractivity contribution in [3.63, 3.8) is 0 Å². The number of aliphatic carboxylic acids is 1. The lowest BCUT2D eigenvalue weighted by Crippen LogP contribution is -2.49. The van der Waals surface area contributed by atoms with Crippen molar-refractivity contribution < 1.29 is 14.7 Å². The van der Waals surface area contributed by atoms with Crippen LogP contribution in [-0.4, -0.2) is 52.7 Å². The maximum absolute atomic E-state index is 12.3. The van der Waals surface area contributed by atoms with Gasteiger partial charge in [-0.25, -0.2) is 0 Å². The van der Waals surface area contributed by atoms with E-state index in [0.717, 1.165) is 60.8 Å². The molecule has 2 aliphatic rings. The molecule has 2 aliphatic heterocycles. The summed E-state index contributed by atoms with van der Waals surface area (Å²) in [4.78, 5) is 30.2. The number of piperidine rings is 1. The Kier molecular flexibility index (Phi) is 7.95. The molecule has 0 spiro atoms. The van der Waals surface area contributed by atoms with Crippen LogP contribution in [0.2, 0.25) is 0 Å². The lowest BCUT2D eigenvalue weighted by Gasteiger charge is -2.33. The van der Waals surface area contributed by atoms with Gasteiger partial charge in [0.25, 0.3) is 0 Å². The number of carbonyl (C=O) groups is 2. The number of fused-ring (bicyclic) bond motifs is 2. The zero-order chi connectivity index (χ0) is 23.9. The lowest BCUT2D eigenvalue weighted by atomic mass is 9.91. The molecule has 2 aromatic rings. The van der Waals surface area contributed by atoms with E-state index >= 15 is 0 Å². The fourth-order valence-corrected chi connectivity index (χ4v) is 4.83. The van der Waals surface area contributed by atoms with Gasteiger partial charge in [-0.1, -0.05) is 30.7 Å². The largest absolute Gasteiger partial charge is 0.481 e. The van der Waals surface area contributed by atoms with Gasteiger partial charge in [-0.3, -0.25) is 19.9 Å². The van der Waals surface area contributed by atoms with E-state index in [1.165, 1.54) is 5.57 Å². The average molecular weight is 463 g/mol. The summed E-state index contributed by atoms with van der Waals surface area (Å²) in [7, 11) is 0. The second-order valence-electron chi connectivity index (χ2n) is 9.26. The van der Waals surface area contributed by atoms with Crippen LogP contribution >= 0.6 is 0 Å². The van der Waals surface area contributed by atoms with E-state index in [9.17, 15) is 14.7 Å². The molecule has 1 amide bonds. The van der Waals surface area contributed by atoms with E-state index in [0.29, 0.717) is 13.1 Å². The maximum atomic E-state index is 12.3. The van der Waals surface area contributed by atoms with E-state index < -0.39 is 5.97 Å². The highest BCUT2D eigenvalue weighted by Gasteiger charge is 2.22. The minimum absolute atomic E-state index is 0.0508. The Morgan fingerprint density at radius 2 is 2.09 bits per heavy atom. The summed E-state index contributed by atoms with van der Waals surface area (Å²) in [6.07, 6.45) is 11.0. The highest BCUT2D eigenvalue weighted by molar-refractivity contribution is 5.79. The Morgan fingerprint density at radius 1 is 1.24 bits per heavy atom. The minimum Gasteiger partial charge on any atom is -0.481 e. The molecule has 7 heteroatoms. The van der Waals surface area contributed by atoms with Crippen molar-refractivity contribution in [3.8, 4) is 0 Å². The Labute approximate surface area is 200 Å². The first kappa shape index (κ1) is 24.0. The third kappa shape index (κ3) is 6.23. The predicted molar refractivity (Wildman–Crippen MR) is 133 cm³/mol. The molecule has 1 fully saturated rings. The number of carboxylic acid groups (broad SMARTS) is 1. The van der Waals surface area contributed by atoms with Crippen LogP contribution in [-0.2, 0) is 9.59 Å². The number of amides is 1. The molecule has 1 saturated heterocycles. The molecule has 2 unspecified atom stereocenters. The van der Waals surface area contributed by atoms with Crippen molar-refractivity contribution in [2.45, 2.75) is 57.5 Å². The van der Waals surface area contributed by atoms with Crippen LogP contribution in [0.15, 0.2) is 60.0 Å². The van der Waals surface area contributed by atoms with E-state index in [4.69, 9.17) is 0 Å². The molecule has 34 heavy (non-hydrogen) atoms. The number of nitrogens with zero attached hydrogens (tertiary/aromatic N) is 2. The number of rotatable bonds is 10. The first-order chi connectivity index (χ1) is 16.5. The number of carbonyl (C=O) groups excluding carboxylic acids is 1. The molecular formula is C27H34N4O3. The monoisotopic (exact) mass is 462 g/mol. The molecule has 3 N–H and O–H groups in total. The van der Waals surface area contributed by atoms with Gasteiger partial charge >= 0.3 is 5.97 Å². The van der Waals surface area contributed by atoms with Crippen LogP contribution < -0.4 is 10.6 Å². The van der Waals surface area contributed by atoms with Gasteiger partial charge in [0.05, 0.1) is 24.6 Å². The summed E-state index contributed by atoms with van der Waals surface area (Å²) >= 11 is 0. The summed E-state index contributed by atoms with van der Waals surface area (Å²) < 4.78 is 0. The summed E-state index contributed by atoms with van der Waals surface area (Å²) in [5.74, 6) is -0.846.